The largest absolute Gasteiger partial charge is 0.355 e. The number of halogens is 1. The van der Waals surface area contributed by atoms with Crippen LogP contribution in [0.25, 0.3) is 0 Å². The second-order valence-electron chi connectivity index (χ2n) is 7.65. The van der Waals surface area contributed by atoms with Crippen molar-refractivity contribution in [2.24, 2.45) is 4.99 Å². The Morgan fingerprint density at radius 2 is 1.81 bits per heavy atom. The molecule has 0 saturated carbocycles. The predicted molar refractivity (Wildman–Crippen MR) is 141 cm³/mol. The van der Waals surface area contributed by atoms with Crippen molar-refractivity contribution >= 4 is 45.8 Å². The molecular formula is C22H33IN6O2S. The third kappa shape index (κ3) is 7.04. The van der Waals surface area contributed by atoms with Crippen molar-refractivity contribution in [1.82, 2.24) is 19.5 Å². The summed E-state index contributed by atoms with van der Waals surface area (Å²) >= 11 is 0. The van der Waals surface area contributed by atoms with E-state index in [1.807, 2.05) is 42.3 Å². The Kier molecular flexibility index (Phi) is 10.2. The van der Waals surface area contributed by atoms with Crippen LogP contribution in [0.2, 0.25) is 0 Å². The van der Waals surface area contributed by atoms with Gasteiger partial charge in [0.25, 0.3) is 0 Å². The van der Waals surface area contributed by atoms with Gasteiger partial charge < -0.3 is 15.1 Å². The molecule has 0 bridgehead atoms. The van der Waals surface area contributed by atoms with Gasteiger partial charge in [0.2, 0.25) is 10.0 Å². The molecule has 3 rings (SSSR count). The number of hydrogen-bond acceptors (Lipinski definition) is 5. The average Bonchev–Trinajstić information content (AvgIpc) is 2.79. The van der Waals surface area contributed by atoms with Gasteiger partial charge >= 0.3 is 0 Å². The van der Waals surface area contributed by atoms with Gasteiger partial charge in [0.1, 0.15) is 5.82 Å². The molecule has 10 heteroatoms. The molecule has 1 aliphatic heterocycles. The molecule has 0 spiro atoms. The van der Waals surface area contributed by atoms with E-state index in [0.717, 1.165) is 5.82 Å². The number of aryl methyl sites for hydroxylation is 1. The van der Waals surface area contributed by atoms with Gasteiger partial charge in [0.15, 0.2) is 5.96 Å². The zero-order valence-electron chi connectivity index (χ0n) is 18.9. The molecule has 2 heterocycles. The standard InChI is InChI=1S/C22H32N6O2S.HI/c1-19-8-4-5-9-20(19)18-26(3)22(23-2)25-12-17-31(29,30)28-15-13-27(14-16-28)21-10-6-7-11-24-21;/h4-11H,12-18H2,1-3H3,(H,23,25);1H. The van der Waals surface area contributed by atoms with E-state index in [1.165, 1.54) is 11.1 Å². The number of anilines is 1. The minimum Gasteiger partial charge on any atom is -0.355 e. The SMILES string of the molecule is CN=C(NCCS(=O)(=O)N1CCN(c2ccccn2)CC1)N(C)Cc1ccccc1C.I. The predicted octanol–water partition coefficient (Wildman–Crippen LogP) is 2.17. The van der Waals surface area contributed by atoms with E-state index < -0.39 is 10.0 Å². The third-order valence-corrected chi connectivity index (χ3v) is 7.36. The molecule has 176 valence electrons. The first-order chi connectivity index (χ1) is 14.9. The summed E-state index contributed by atoms with van der Waals surface area (Å²) in [5, 5.41) is 3.19. The number of nitrogens with zero attached hydrogens (tertiary/aromatic N) is 5. The lowest BCUT2D eigenvalue weighted by molar-refractivity contribution is 0.383. The number of aliphatic imine (C=N–C) groups is 1. The van der Waals surface area contributed by atoms with Crippen LogP contribution in [-0.2, 0) is 16.6 Å². The highest BCUT2D eigenvalue weighted by Gasteiger charge is 2.27. The van der Waals surface area contributed by atoms with Gasteiger partial charge in [-0.05, 0) is 30.2 Å². The maximum absolute atomic E-state index is 12.8. The number of pyridine rings is 1. The van der Waals surface area contributed by atoms with Crippen molar-refractivity contribution in [2.45, 2.75) is 13.5 Å². The fourth-order valence-corrected chi connectivity index (χ4v) is 5.00. The van der Waals surface area contributed by atoms with Crippen molar-refractivity contribution in [3.8, 4) is 0 Å². The molecule has 8 nitrogen and oxygen atoms in total. The fourth-order valence-electron chi connectivity index (χ4n) is 3.66. The Morgan fingerprint density at radius 1 is 1.12 bits per heavy atom. The van der Waals surface area contributed by atoms with Crippen LogP contribution in [0.3, 0.4) is 0 Å². The van der Waals surface area contributed by atoms with E-state index in [0.29, 0.717) is 45.2 Å². The quantitative estimate of drug-likeness (QED) is 0.311. The van der Waals surface area contributed by atoms with E-state index >= 15 is 0 Å². The van der Waals surface area contributed by atoms with Crippen LogP contribution in [-0.4, -0.2) is 81.1 Å². The molecule has 0 atom stereocenters. The summed E-state index contributed by atoms with van der Waals surface area (Å²) in [6.07, 6.45) is 1.76. The van der Waals surface area contributed by atoms with E-state index in [9.17, 15) is 8.42 Å². The van der Waals surface area contributed by atoms with E-state index in [2.05, 4.69) is 39.2 Å². The lowest BCUT2D eigenvalue weighted by Gasteiger charge is -2.34. The number of rotatable bonds is 7. The Hall–Kier alpha value is -1.92. The molecule has 32 heavy (non-hydrogen) atoms. The first-order valence-electron chi connectivity index (χ1n) is 10.5. The third-order valence-electron chi connectivity index (χ3n) is 5.49. The average molecular weight is 573 g/mol. The molecule has 0 aliphatic carbocycles. The Labute approximate surface area is 208 Å². The van der Waals surface area contributed by atoms with Crippen LogP contribution in [0.4, 0.5) is 5.82 Å². The fraction of sp³-hybridized carbons (Fsp3) is 0.455. The number of aromatic nitrogens is 1. The van der Waals surface area contributed by atoms with Gasteiger partial charge in [-0.25, -0.2) is 13.4 Å². The van der Waals surface area contributed by atoms with E-state index in [1.54, 1.807) is 17.5 Å². The molecule has 0 unspecified atom stereocenters. The monoisotopic (exact) mass is 572 g/mol. The summed E-state index contributed by atoms with van der Waals surface area (Å²) in [6.45, 7) is 5.33. The van der Waals surface area contributed by atoms with Crippen LogP contribution >= 0.6 is 24.0 Å². The topological polar surface area (TPSA) is 81.1 Å². The van der Waals surface area contributed by atoms with Crippen molar-refractivity contribution in [2.75, 3.05) is 57.5 Å². The molecule has 1 N–H and O–H groups in total. The Bertz CT molecular complexity index is 979. The summed E-state index contributed by atoms with van der Waals surface area (Å²) in [5.74, 6) is 1.61. The summed E-state index contributed by atoms with van der Waals surface area (Å²) < 4.78 is 27.2. The lowest BCUT2D eigenvalue weighted by atomic mass is 10.1. The van der Waals surface area contributed by atoms with Gasteiger partial charge in [-0.2, -0.15) is 4.31 Å². The van der Waals surface area contributed by atoms with Crippen LogP contribution in [0.15, 0.2) is 53.7 Å². The number of hydrogen-bond donors (Lipinski definition) is 1. The molecular weight excluding hydrogens is 539 g/mol. The molecule has 1 aromatic heterocycles. The highest BCUT2D eigenvalue weighted by Crippen LogP contribution is 2.15. The van der Waals surface area contributed by atoms with Crippen molar-refractivity contribution in [3.63, 3.8) is 0 Å². The zero-order valence-corrected chi connectivity index (χ0v) is 22.1. The lowest BCUT2D eigenvalue weighted by Crippen LogP contribution is -2.50. The summed E-state index contributed by atoms with van der Waals surface area (Å²) in [7, 11) is 0.328. The minimum atomic E-state index is -3.33. The number of sulfonamides is 1. The first-order valence-corrected chi connectivity index (χ1v) is 12.1. The molecule has 0 amide bonds. The van der Waals surface area contributed by atoms with Gasteiger partial charge in [0.05, 0.1) is 5.75 Å². The molecule has 2 aromatic rings. The smallest absolute Gasteiger partial charge is 0.215 e. The summed E-state index contributed by atoms with van der Waals surface area (Å²) in [5.41, 5.74) is 2.43. The number of nitrogens with one attached hydrogen (secondary N) is 1. The van der Waals surface area contributed by atoms with Crippen LogP contribution in [0.5, 0.6) is 0 Å². The second-order valence-corrected chi connectivity index (χ2v) is 9.74. The van der Waals surface area contributed by atoms with Crippen LogP contribution < -0.4 is 10.2 Å². The highest BCUT2D eigenvalue weighted by molar-refractivity contribution is 14.0. The van der Waals surface area contributed by atoms with Crippen molar-refractivity contribution < 1.29 is 8.42 Å². The highest BCUT2D eigenvalue weighted by atomic mass is 127. The summed E-state index contributed by atoms with van der Waals surface area (Å²) in [4.78, 5) is 12.8. The molecule has 1 saturated heterocycles. The maximum Gasteiger partial charge on any atom is 0.215 e. The van der Waals surface area contributed by atoms with Crippen LogP contribution in [0, 0.1) is 6.92 Å². The Morgan fingerprint density at radius 3 is 2.44 bits per heavy atom. The van der Waals surface area contributed by atoms with Gasteiger partial charge in [-0.3, -0.25) is 4.99 Å². The van der Waals surface area contributed by atoms with Gasteiger partial charge in [0, 0.05) is 59.6 Å². The molecule has 0 radical (unpaired) electrons. The van der Waals surface area contributed by atoms with E-state index in [-0.39, 0.29) is 29.7 Å². The maximum atomic E-state index is 12.8. The zero-order chi connectivity index (χ0) is 22.3. The van der Waals surface area contributed by atoms with Crippen LogP contribution in [0.1, 0.15) is 11.1 Å². The molecule has 1 aliphatic rings. The van der Waals surface area contributed by atoms with E-state index in [4.69, 9.17) is 0 Å². The molecule has 1 fully saturated rings. The second kappa shape index (κ2) is 12.4. The first kappa shape index (κ1) is 26.3. The van der Waals surface area contributed by atoms with Gasteiger partial charge in [-0.1, -0.05) is 30.3 Å². The van der Waals surface area contributed by atoms with Crippen molar-refractivity contribution in [3.05, 3.63) is 59.8 Å². The Balaban J connectivity index is 0.00000363. The number of benzene rings is 1. The van der Waals surface area contributed by atoms with Crippen molar-refractivity contribution in [1.29, 1.82) is 0 Å². The molecule has 1 aromatic carbocycles. The van der Waals surface area contributed by atoms with Gasteiger partial charge in [-0.15, -0.1) is 24.0 Å². The summed E-state index contributed by atoms with van der Waals surface area (Å²) in [6, 6.07) is 14.0. The number of piperazine rings is 1. The normalized spacial score (nSPS) is 15.2. The number of guanidine groups is 1. The minimum absolute atomic E-state index is 0.